The highest BCUT2D eigenvalue weighted by molar-refractivity contribution is 14.0. The van der Waals surface area contributed by atoms with E-state index in [2.05, 4.69) is 38.6 Å². The number of rotatable bonds is 6. The zero-order valence-electron chi connectivity index (χ0n) is 16.8. The third-order valence-electron chi connectivity index (χ3n) is 4.51. The van der Waals surface area contributed by atoms with Gasteiger partial charge in [0.15, 0.2) is 11.8 Å². The Hall–Kier alpha value is -2.13. The first-order chi connectivity index (χ1) is 13.5. The lowest BCUT2D eigenvalue weighted by Gasteiger charge is -2.22. The molecule has 1 heterocycles. The third kappa shape index (κ3) is 6.71. The quantitative estimate of drug-likeness (QED) is 0.299. The summed E-state index contributed by atoms with van der Waals surface area (Å²) in [6, 6.07) is 18.1. The minimum absolute atomic E-state index is 0. The highest BCUT2D eigenvalue weighted by Crippen LogP contribution is 2.12. The van der Waals surface area contributed by atoms with E-state index in [-0.39, 0.29) is 24.0 Å². The van der Waals surface area contributed by atoms with Crippen LogP contribution in [0.4, 0.5) is 0 Å². The molecular formula is C21H26ClIN6. The number of aromatic nitrogens is 3. The van der Waals surface area contributed by atoms with Crippen molar-refractivity contribution in [2.45, 2.75) is 26.6 Å². The second kappa shape index (κ2) is 11.2. The van der Waals surface area contributed by atoms with E-state index in [4.69, 9.17) is 16.6 Å². The van der Waals surface area contributed by atoms with E-state index in [1.165, 1.54) is 0 Å². The summed E-state index contributed by atoms with van der Waals surface area (Å²) in [5.74, 6) is 2.54. The van der Waals surface area contributed by atoms with Crippen molar-refractivity contribution in [2.24, 2.45) is 12.0 Å². The summed E-state index contributed by atoms with van der Waals surface area (Å²) in [7, 11) is 3.97. The molecule has 8 heteroatoms. The lowest BCUT2D eigenvalue weighted by molar-refractivity contribution is 0.472. The molecule has 1 aromatic heterocycles. The number of hydrogen-bond acceptors (Lipinski definition) is 3. The summed E-state index contributed by atoms with van der Waals surface area (Å²) in [5.41, 5.74) is 2.28. The van der Waals surface area contributed by atoms with Gasteiger partial charge in [-0.1, -0.05) is 54.1 Å². The minimum atomic E-state index is 0. The van der Waals surface area contributed by atoms with Crippen molar-refractivity contribution in [3.63, 3.8) is 0 Å². The summed E-state index contributed by atoms with van der Waals surface area (Å²) in [4.78, 5) is 6.89. The van der Waals surface area contributed by atoms with E-state index in [1.807, 2.05) is 62.0 Å². The first kappa shape index (κ1) is 23.2. The van der Waals surface area contributed by atoms with E-state index in [1.54, 1.807) is 0 Å². The van der Waals surface area contributed by atoms with Crippen LogP contribution in [0.2, 0.25) is 5.02 Å². The number of aryl methyl sites for hydroxylation is 1. The monoisotopic (exact) mass is 524 g/mol. The first-order valence-electron chi connectivity index (χ1n) is 9.15. The SMILES string of the molecule is Cc1nnc(CNC(=NCc2ccccc2)N(C)Cc2cccc(Cl)c2)n1C.I. The molecule has 3 aromatic rings. The average Bonchev–Trinajstić information content (AvgIpc) is 3.01. The van der Waals surface area contributed by atoms with Gasteiger partial charge < -0.3 is 14.8 Å². The van der Waals surface area contributed by atoms with Crippen LogP contribution in [0, 0.1) is 6.92 Å². The van der Waals surface area contributed by atoms with Crippen LogP contribution in [-0.2, 0) is 26.7 Å². The van der Waals surface area contributed by atoms with Crippen molar-refractivity contribution in [1.29, 1.82) is 0 Å². The van der Waals surface area contributed by atoms with Crippen molar-refractivity contribution < 1.29 is 0 Å². The Labute approximate surface area is 194 Å². The molecule has 0 fully saturated rings. The fourth-order valence-corrected chi connectivity index (χ4v) is 3.02. The summed E-state index contributed by atoms with van der Waals surface area (Å²) in [6.07, 6.45) is 0. The maximum Gasteiger partial charge on any atom is 0.194 e. The largest absolute Gasteiger partial charge is 0.349 e. The minimum Gasteiger partial charge on any atom is -0.349 e. The van der Waals surface area contributed by atoms with Gasteiger partial charge in [-0.25, -0.2) is 4.99 Å². The second-order valence-corrected chi connectivity index (χ2v) is 7.12. The molecule has 0 saturated carbocycles. The van der Waals surface area contributed by atoms with Crippen LogP contribution in [0.1, 0.15) is 22.8 Å². The summed E-state index contributed by atoms with van der Waals surface area (Å²) in [5, 5.41) is 12.5. The maximum absolute atomic E-state index is 6.13. The second-order valence-electron chi connectivity index (χ2n) is 6.69. The smallest absolute Gasteiger partial charge is 0.194 e. The standard InChI is InChI=1S/C21H25ClN6.HI/c1-16-25-26-20(28(16)3)14-24-21(23-13-17-8-5-4-6-9-17)27(2)15-18-10-7-11-19(22)12-18;/h4-12H,13-15H2,1-3H3,(H,23,24);1H. The van der Waals surface area contributed by atoms with Gasteiger partial charge in [0.25, 0.3) is 0 Å². The summed E-state index contributed by atoms with van der Waals surface area (Å²) >= 11 is 6.13. The van der Waals surface area contributed by atoms with Crippen molar-refractivity contribution in [2.75, 3.05) is 7.05 Å². The predicted octanol–water partition coefficient (Wildman–Crippen LogP) is 4.17. The molecule has 0 aliphatic heterocycles. The zero-order chi connectivity index (χ0) is 19.9. The van der Waals surface area contributed by atoms with Crippen LogP contribution < -0.4 is 5.32 Å². The molecule has 6 nitrogen and oxygen atoms in total. The van der Waals surface area contributed by atoms with Crippen LogP contribution >= 0.6 is 35.6 Å². The molecule has 0 atom stereocenters. The zero-order valence-corrected chi connectivity index (χ0v) is 19.9. The van der Waals surface area contributed by atoms with E-state index in [9.17, 15) is 0 Å². The molecule has 0 aliphatic rings. The van der Waals surface area contributed by atoms with Gasteiger partial charge in [0, 0.05) is 25.7 Å². The van der Waals surface area contributed by atoms with Gasteiger partial charge >= 0.3 is 0 Å². The lowest BCUT2D eigenvalue weighted by atomic mass is 10.2. The van der Waals surface area contributed by atoms with Crippen molar-refractivity contribution in [1.82, 2.24) is 25.0 Å². The Morgan fingerprint density at radius 1 is 1.10 bits per heavy atom. The van der Waals surface area contributed by atoms with Crippen LogP contribution in [0.5, 0.6) is 0 Å². The Morgan fingerprint density at radius 3 is 2.48 bits per heavy atom. The number of aliphatic imine (C=N–C) groups is 1. The van der Waals surface area contributed by atoms with Gasteiger partial charge in [-0.15, -0.1) is 34.2 Å². The molecule has 2 aromatic carbocycles. The fraction of sp³-hybridized carbons (Fsp3) is 0.286. The molecule has 0 saturated heterocycles. The topological polar surface area (TPSA) is 58.3 Å². The Kier molecular flexibility index (Phi) is 8.91. The Bertz CT molecular complexity index is 941. The van der Waals surface area contributed by atoms with Crippen molar-refractivity contribution in [3.05, 3.63) is 82.4 Å². The van der Waals surface area contributed by atoms with Crippen LogP contribution in [0.3, 0.4) is 0 Å². The maximum atomic E-state index is 6.13. The molecule has 1 N–H and O–H groups in total. The highest BCUT2D eigenvalue weighted by Gasteiger charge is 2.11. The molecule has 29 heavy (non-hydrogen) atoms. The molecule has 0 unspecified atom stereocenters. The van der Waals surface area contributed by atoms with E-state index < -0.39 is 0 Å². The molecule has 0 aliphatic carbocycles. The number of nitrogens with one attached hydrogen (secondary N) is 1. The van der Waals surface area contributed by atoms with Crippen LogP contribution in [0.25, 0.3) is 0 Å². The van der Waals surface area contributed by atoms with E-state index in [0.717, 1.165) is 33.8 Å². The third-order valence-corrected chi connectivity index (χ3v) is 4.75. The Morgan fingerprint density at radius 2 is 1.83 bits per heavy atom. The summed E-state index contributed by atoms with van der Waals surface area (Å²) in [6.45, 7) is 3.77. The number of guanidine groups is 1. The first-order valence-corrected chi connectivity index (χ1v) is 9.53. The number of halogens is 2. The van der Waals surface area contributed by atoms with Gasteiger partial charge in [-0.05, 0) is 30.2 Å². The van der Waals surface area contributed by atoms with Gasteiger partial charge in [0.2, 0.25) is 0 Å². The van der Waals surface area contributed by atoms with Crippen LogP contribution in [-0.4, -0.2) is 32.7 Å². The average molecular weight is 525 g/mol. The lowest BCUT2D eigenvalue weighted by Crippen LogP contribution is -2.38. The molecule has 0 amide bonds. The molecular weight excluding hydrogens is 499 g/mol. The number of benzene rings is 2. The highest BCUT2D eigenvalue weighted by atomic mass is 127. The molecule has 0 spiro atoms. The van der Waals surface area contributed by atoms with Gasteiger partial charge in [-0.2, -0.15) is 0 Å². The molecule has 0 radical (unpaired) electrons. The predicted molar refractivity (Wildman–Crippen MR) is 128 cm³/mol. The number of nitrogens with zero attached hydrogens (tertiary/aromatic N) is 5. The molecule has 154 valence electrons. The van der Waals surface area contributed by atoms with E-state index in [0.29, 0.717) is 19.6 Å². The number of hydrogen-bond donors (Lipinski definition) is 1. The molecule has 0 bridgehead atoms. The molecule has 3 rings (SSSR count). The normalized spacial score (nSPS) is 11.1. The summed E-state index contributed by atoms with van der Waals surface area (Å²) < 4.78 is 1.97. The fourth-order valence-electron chi connectivity index (χ4n) is 2.81. The van der Waals surface area contributed by atoms with Crippen molar-refractivity contribution >= 4 is 41.5 Å². The van der Waals surface area contributed by atoms with Crippen LogP contribution in [0.15, 0.2) is 59.6 Å². The van der Waals surface area contributed by atoms with Gasteiger partial charge in [0.05, 0.1) is 13.1 Å². The Balaban J connectivity index is 0.00000300. The van der Waals surface area contributed by atoms with E-state index >= 15 is 0 Å². The van der Waals surface area contributed by atoms with Crippen molar-refractivity contribution in [3.8, 4) is 0 Å². The van der Waals surface area contributed by atoms with Gasteiger partial charge in [0.1, 0.15) is 5.82 Å². The van der Waals surface area contributed by atoms with Gasteiger partial charge in [-0.3, -0.25) is 0 Å².